The van der Waals surface area contributed by atoms with Gasteiger partial charge >= 0.3 is 5.69 Å². The third-order valence-electron chi connectivity index (χ3n) is 5.76. The van der Waals surface area contributed by atoms with Crippen molar-refractivity contribution < 1.29 is 9.84 Å². The maximum Gasteiger partial charge on any atom is 0.328 e. The van der Waals surface area contributed by atoms with Crippen LogP contribution in [0.15, 0.2) is 47.3 Å². The lowest BCUT2D eigenvalue weighted by atomic mass is 9.82. The fourth-order valence-corrected chi connectivity index (χ4v) is 4.44. The third-order valence-corrected chi connectivity index (χ3v) is 5.76. The molecule has 174 valence electrons. The summed E-state index contributed by atoms with van der Waals surface area (Å²) in [5, 5.41) is 14.2. The minimum absolute atomic E-state index is 0.0564. The van der Waals surface area contributed by atoms with Gasteiger partial charge in [0.05, 0.1) is 11.0 Å². The van der Waals surface area contributed by atoms with Crippen molar-refractivity contribution in [2.24, 2.45) is 19.5 Å². The molecule has 0 aliphatic heterocycles. The van der Waals surface area contributed by atoms with Crippen LogP contribution in [0.5, 0.6) is 5.75 Å². The zero-order valence-electron chi connectivity index (χ0n) is 20.4. The lowest BCUT2D eigenvalue weighted by Crippen LogP contribution is -2.41. The number of benzene rings is 2. The third kappa shape index (κ3) is 5.81. The molecule has 0 aliphatic carbocycles. The predicted molar refractivity (Wildman–Crippen MR) is 130 cm³/mol. The van der Waals surface area contributed by atoms with Gasteiger partial charge in [0.2, 0.25) is 0 Å². The van der Waals surface area contributed by atoms with Crippen LogP contribution in [0.4, 0.5) is 0 Å². The van der Waals surface area contributed by atoms with E-state index in [1.54, 1.807) is 23.2 Å². The molecule has 1 atom stereocenters. The first-order chi connectivity index (χ1) is 14.9. The quantitative estimate of drug-likeness (QED) is 0.549. The lowest BCUT2D eigenvalue weighted by molar-refractivity contribution is 0.108. The molecule has 2 aromatic carbocycles. The zero-order valence-corrected chi connectivity index (χ0v) is 20.4. The average Bonchev–Trinajstić information content (AvgIpc) is 2.93. The van der Waals surface area contributed by atoms with E-state index in [0.717, 1.165) is 35.3 Å². The number of fused-ring (bicyclic) bond motifs is 1. The number of aromatic nitrogens is 2. The molecule has 6 heteroatoms. The van der Waals surface area contributed by atoms with E-state index in [-0.39, 0.29) is 23.3 Å². The Labute approximate surface area is 190 Å². The van der Waals surface area contributed by atoms with E-state index < -0.39 is 6.10 Å². The van der Waals surface area contributed by atoms with Gasteiger partial charge in [0.1, 0.15) is 18.5 Å². The summed E-state index contributed by atoms with van der Waals surface area (Å²) in [6.07, 6.45) is 0.302. The predicted octanol–water partition coefficient (Wildman–Crippen LogP) is 4.29. The first-order valence-corrected chi connectivity index (χ1v) is 11.2. The van der Waals surface area contributed by atoms with Gasteiger partial charge in [-0.2, -0.15) is 0 Å². The van der Waals surface area contributed by atoms with Crippen molar-refractivity contribution in [2.45, 2.75) is 59.2 Å². The molecule has 0 bridgehead atoms. The Bertz CT molecular complexity index is 1120. The average molecular weight is 440 g/mol. The number of rotatable bonds is 8. The van der Waals surface area contributed by atoms with Crippen LogP contribution >= 0.6 is 0 Å². The first kappa shape index (κ1) is 24.1. The summed E-state index contributed by atoms with van der Waals surface area (Å²) in [4.78, 5) is 12.1. The minimum atomic E-state index is -0.783. The molecule has 0 fully saturated rings. The van der Waals surface area contributed by atoms with Gasteiger partial charge in [-0.3, -0.25) is 9.13 Å². The van der Waals surface area contributed by atoms with Gasteiger partial charge < -0.3 is 15.2 Å². The van der Waals surface area contributed by atoms with Gasteiger partial charge in [-0.25, -0.2) is 4.79 Å². The van der Waals surface area contributed by atoms with Crippen LogP contribution in [0.2, 0.25) is 0 Å². The smallest absolute Gasteiger partial charge is 0.328 e. The van der Waals surface area contributed by atoms with Gasteiger partial charge in [-0.05, 0) is 61.1 Å². The molecular weight excluding hydrogens is 402 g/mol. The number of aryl methyl sites for hydroxylation is 2. The summed E-state index contributed by atoms with van der Waals surface area (Å²) in [6.45, 7) is 12.2. The van der Waals surface area contributed by atoms with Crippen molar-refractivity contribution >= 4 is 11.0 Å². The van der Waals surface area contributed by atoms with Crippen LogP contribution in [-0.2, 0) is 20.6 Å². The van der Waals surface area contributed by atoms with Gasteiger partial charge in [0.25, 0.3) is 0 Å². The fraction of sp³-hybridized carbons (Fsp3) is 0.500. The van der Waals surface area contributed by atoms with Crippen molar-refractivity contribution in [3.8, 4) is 5.75 Å². The van der Waals surface area contributed by atoms with E-state index in [1.807, 2.05) is 42.5 Å². The van der Waals surface area contributed by atoms with E-state index in [1.165, 1.54) is 5.56 Å². The van der Waals surface area contributed by atoms with Crippen LogP contribution in [0.3, 0.4) is 0 Å². The molecule has 1 heterocycles. The molecule has 0 spiro atoms. The number of nitrogens with zero attached hydrogens (tertiary/aromatic N) is 2. The number of hydrogen-bond donors (Lipinski definition) is 2. The van der Waals surface area contributed by atoms with E-state index >= 15 is 0 Å². The van der Waals surface area contributed by atoms with Gasteiger partial charge in [-0.15, -0.1) is 0 Å². The molecule has 2 N–H and O–H groups in total. The highest BCUT2D eigenvalue weighted by Crippen LogP contribution is 2.27. The molecule has 1 aromatic heterocycles. The van der Waals surface area contributed by atoms with Crippen LogP contribution < -0.4 is 15.7 Å². The topological polar surface area (TPSA) is 68.4 Å². The second kappa shape index (κ2) is 9.12. The number of aliphatic hydroxyl groups is 1. The molecule has 6 nitrogen and oxygen atoms in total. The fourth-order valence-electron chi connectivity index (χ4n) is 4.44. The van der Waals surface area contributed by atoms with Crippen molar-refractivity contribution in [1.29, 1.82) is 0 Å². The molecule has 0 unspecified atom stereocenters. The Hall–Kier alpha value is -2.57. The monoisotopic (exact) mass is 439 g/mol. The number of hydrogen-bond acceptors (Lipinski definition) is 4. The first-order valence-electron chi connectivity index (χ1n) is 11.2. The summed E-state index contributed by atoms with van der Waals surface area (Å²) in [5.41, 5.74) is 3.79. The van der Waals surface area contributed by atoms with Crippen molar-refractivity contribution in [1.82, 2.24) is 14.5 Å². The van der Waals surface area contributed by atoms with E-state index in [4.69, 9.17) is 4.74 Å². The maximum absolute atomic E-state index is 12.1. The summed E-state index contributed by atoms with van der Waals surface area (Å²) in [7, 11) is 3.48. The largest absolute Gasteiger partial charge is 0.491 e. The molecule has 0 saturated carbocycles. The number of ether oxygens (including phenoxy) is 1. The van der Waals surface area contributed by atoms with Crippen LogP contribution in [0.1, 0.15) is 58.3 Å². The molecule has 0 amide bonds. The molecule has 0 saturated heterocycles. The summed E-state index contributed by atoms with van der Waals surface area (Å²) in [6, 6.07) is 13.5. The Morgan fingerprint density at radius 2 is 1.59 bits per heavy atom. The minimum Gasteiger partial charge on any atom is -0.491 e. The molecule has 0 aliphatic rings. The van der Waals surface area contributed by atoms with E-state index in [0.29, 0.717) is 0 Å². The van der Waals surface area contributed by atoms with Crippen LogP contribution in [-0.4, -0.2) is 26.4 Å². The number of aliphatic hydroxyl groups excluding tert-OH is 1. The van der Waals surface area contributed by atoms with Crippen LogP contribution in [0, 0.1) is 5.41 Å². The highest BCUT2D eigenvalue weighted by Gasteiger charge is 2.24. The number of imidazole rings is 1. The SMILES string of the molecule is Cn1c(=O)n(C)c2cc([C@H](O)COc3ccc(CNC(C)(C)CC(C)(C)C)cc3)ccc21. The van der Waals surface area contributed by atoms with Gasteiger partial charge in [0.15, 0.2) is 0 Å². The van der Waals surface area contributed by atoms with Gasteiger partial charge in [0, 0.05) is 26.2 Å². The molecule has 3 aromatic rings. The Morgan fingerprint density at radius 1 is 0.969 bits per heavy atom. The summed E-state index contributed by atoms with van der Waals surface area (Å²) in [5.74, 6) is 0.718. The highest BCUT2D eigenvalue weighted by molar-refractivity contribution is 5.76. The molecule has 32 heavy (non-hydrogen) atoms. The summed E-state index contributed by atoms with van der Waals surface area (Å²) >= 11 is 0. The van der Waals surface area contributed by atoms with Crippen molar-refractivity contribution in [2.75, 3.05) is 6.61 Å². The molecular formula is C26H37N3O3. The second-order valence-electron chi connectivity index (χ2n) is 10.6. The second-order valence-corrected chi connectivity index (χ2v) is 10.6. The lowest BCUT2D eigenvalue weighted by Gasteiger charge is -2.33. The Balaban J connectivity index is 1.57. The Kier molecular flexibility index (Phi) is 6.86. The highest BCUT2D eigenvalue weighted by atomic mass is 16.5. The van der Waals surface area contributed by atoms with Crippen molar-refractivity contribution in [3.05, 3.63) is 64.1 Å². The van der Waals surface area contributed by atoms with Crippen LogP contribution in [0.25, 0.3) is 11.0 Å². The summed E-state index contributed by atoms with van der Waals surface area (Å²) < 4.78 is 9.00. The van der Waals surface area contributed by atoms with Gasteiger partial charge in [-0.1, -0.05) is 39.0 Å². The normalized spacial score (nSPS) is 13.5. The van der Waals surface area contributed by atoms with E-state index in [9.17, 15) is 9.90 Å². The van der Waals surface area contributed by atoms with Crippen molar-refractivity contribution in [3.63, 3.8) is 0 Å². The molecule has 0 radical (unpaired) electrons. The molecule has 3 rings (SSSR count). The maximum atomic E-state index is 12.1. The Morgan fingerprint density at radius 3 is 2.22 bits per heavy atom. The van der Waals surface area contributed by atoms with E-state index in [2.05, 4.69) is 39.9 Å². The zero-order chi connectivity index (χ0) is 23.7. The standard InChI is InChI=1S/C26H37N3O3/c1-25(2,3)17-26(4,5)27-15-18-8-11-20(12-9-18)32-16-23(30)19-10-13-21-22(14-19)29(7)24(31)28(21)6/h8-14,23,27,30H,15-17H2,1-7H3/t23-/m1/s1. The number of nitrogens with one attached hydrogen (secondary N) is 1.